The summed E-state index contributed by atoms with van der Waals surface area (Å²) in [6.07, 6.45) is -2.86. The zero-order valence-corrected chi connectivity index (χ0v) is 26.0. The van der Waals surface area contributed by atoms with Crippen molar-refractivity contribution in [3.63, 3.8) is 0 Å². The van der Waals surface area contributed by atoms with E-state index in [2.05, 4.69) is 15.1 Å². The fourth-order valence-electron chi connectivity index (χ4n) is 6.20. The minimum absolute atomic E-state index is 0.0189. The molecule has 47 heavy (non-hydrogen) atoms. The third-order valence-corrected chi connectivity index (χ3v) is 8.88. The van der Waals surface area contributed by atoms with E-state index >= 15 is 0 Å². The fourth-order valence-corrected chi connectivity index (χ4v) is 6.20. The van der Waals surface area contributed by atoms with Gasteiger partial charge in [0.15, 0.2) is 17.3 Å². The maximum Gasteiger partial charge on any atom is 0.416 e. The molecule has 0 bridgehead atoms. The van der Waals surface area contributed by atoms with Gasteiger partial charge in [0.1, 0.15) is 5.58 Å². The highest BCUT2D eigenvalue weighted by Gasteiger charge is 2.30. The van der Waals surface area contributed by atoms with Crippen LogP contribution in [0.1, 0.15) is 50.4 Å². The Hall–Kier alpha value is -4.42. The molecule has 3 aromatic carbocycles. The predicted octanol–water partition coefficient (Wildman–Crippen LogP) is 5.95. The predicted molar refractivity (Wildman–Crippen MR) is 168 cm³/mol. The van der Waals surface area contributed by atoms with Crippen LogP contribution in [0.2, 0.25) is 0 Å². The van der Waals surface area contributed by atoms with Gasteiger partial charge in [0, 0.05) is 69.3 Å². The van der Waals surface area contributed by atoms with E-state index in [-0.39, 0.29) is 35.2 Å². The third-order valence-electron chi connectivity index (χ3n) is 8.88. The van der Waals surface area contributed by atoms with E-state index in [1.807, 2.05) is 6.07 Å². The first-order chi connectivity index (χ1) is 22.6. The standard InChI is InChI=1S/C35H36F4N4O4/c1-46-31-8-4-24(18-29(31)36)22-41-12-10-28(11-13-41)40-33(44)32-20-26-19-25(5-9-30(26)47-32)34(45)43-16-14-42(15-17-43)21-23-2-6-27(7-3-23)35(37,38)39/h2-9,18-20,28H,10-17,21-22H2,1H3,(H,40,44). The monoisotopic (exact) mass is 652 g/mol. The molecule has 2 aliphatic rings. The summed E-state index contributed by atoms with van der Waals surface area (Å²) in [5.74, 6) is -0.425. The summed E-state index contributed by atoms with van der Waals surface area (Å²) in [5.41, 5.74) is 1.98. The van der Waals surface area contributed by atoms with Crippen LogP contribution >= 0.6 is 0 Å². The number of halogens is 4. The Balaban J connectivity index is 0.984. The number of rotatable bonds is 8. The number of piperidine rings is 1. The summed E-state index contributed by atoms with van der Waals surface area (Å²) in [7, 11) is 1.44. The van der Waals surface area contributed by atoms with Crippen LogP contribution in [0.15, 0.2) is 71.1 Å². The molecule has 1 N–H and O–H groups in total. The number of piperazine rings is 1. The maximum absolute atomic E-state index is 14.1. The lowest BCUT2D eigenvalue weighted by Crippen LogP contribution is -2.48. The molecule has 0 saturated carbocycles. The lowest BCUT2D eigenvalue weighted by Gasteiger charge is -2.34. The van der Waals surface area contributed by atoms with Gasteiger partial charge in [-0.1, -0.05) is 18.2 Å². The van der Waals surface area contributed by atoms with Crippen molar-refractivity contribution in [3.05, 3.63) is 101 Å². The number of carbonyl (C=O) groups is 2. The number of likely N-dealkylation sites (tertiary alicyclic amines) is 1. The Morgan fingerprint density at radius 2 is 1.51 bits per heavy atom. The summed E-state index contributed by atoms with van der Waals surface area (Å²) in [4.78, 5) is 32.4. The summed E-state index contributed by atoms with van der Waals surface area (Å²) in [5, 5.41) is 3.71. The smallest absolute Gasteiger partial charge is 0.416 e. The molecule has 0 unspecified atom stereocenters. The van der Waals surface area contributed by atoms with Crippen LogP contribution in [0.5, 0.6) is 5.75 Å². The first kappa shape index (κ1) is 32.5. The molecule has 6 rings (SSSR count). The first-order valence-electron chi connectivity index (χ1n) is 15.6. The normalized spacial score (nSPS) is 16.8. The van der Waals surface area contributed by atoms with Gasteiger partial charge < -0.3 is 19.4 Å². The van der Waals surface area contributed by atoms with E-state index < -0.39 is 11.7 Å². The van der Waals surface area contributed by atoms with E-state index in [1.165, 1.54) is 25.3 Å². The number of hydrogen-bond donors (Lipinski definition) is 1. The first-order valence-corrected chi connectivity index (χ1v) is 15.6. The van der Waals surface area contributed by atoms with Gasteiger partial charge in [0.05, 0.1) is 12.7 Å². The van der Waals surface area contributed by atoms with Crippen LogP contribution in [0, 0.1) is 5.82 Å². The molecule has 248 valence electrons. The number of fused-ring (bicyclic) bond motifs is 1. The Morgan fingerprint density at radius 3 is 2.17 bits per heavy atom. The van der Waals surface area contributed by atoms with Crippen LogP contribution in [0.3, 0.4) is 0 Å². The number of amides is 2. The Bertz CT molecular complexity index is 1720. The van der Waals surface area contributed by atoms with Gasteiger partial charge in [-0.25, -0.2) is 4.39 Å². The molecule has 0 aliphatic carbocycles. The number of methoxy groups -OCH3 is 1. The minimum atomic E-state index is -4.36. The number of furan rings is 1. The zero-order chi connectivity index (χ0) is 33.1. The molecule has 0 spiro atoms. The van der Waals surface area contributed by atoms with Crippen molar-refractivity contribution >= 4 is 22.8 Å². The van der Waals surface area contributed by atoms with Gasteiger partial charge in [-0.3, -0.25) is 19.4 Å². The Kier molecular flexibility index (Phi) is 9.51. The number of nitrogens with one attached hydrogen (secondary N) is 1. The molecule has 8 nitrogen and oxygen atoms in total. The third kappa shape index (κ3) is 7.77. The van der Waals surface area contributed by atoms with Crippen LogP contribution in [0.25, 0.3) is 11.0 Å². The fraction of sp³-hybridized carbons (Fsp3) is 0.371. The van der Waals surface area contributed by atoms with Crippen molar-refractivity contribution in [2.75, 3.05) is 46.4 Å². The molecular weight excluding hydrogens is 616 g/mol. The number of benzene rings is 3. The second-order valence-corrected chi connectivity index (χ2v) is 12.1. The van der Waals surface area contributed by atoms with Gasteiger partial charge >= 0.3 is 6.18 Å². The quantitative estimate of drug-likeness (QED) is 0.237. The van der Waals surface area contributed by atoms with Gasteiger partial charge in [0.2, 0.25) is 0 Å². The average Bonchev–Trinajstić information content (AvgIpc) is 3.50. The van der Waals surface area contributed by atoms with E-state index in [1.54, 1.807) is 35.2 Å². The minimum Gasteiger partial charge on any atom is -0.494 e. The van der Waals surface area contributed by atoms with Crippen molar-refractivity contribution in [1.82, 2.24) is 20.0 Å². The Morgan fingerprint density at radius 1 is 0.851 bits per heavy atom. The topological polar surface area (TPSA) is 78.3 Å². The molecular formula is C35H36F4N4O4. The zero-order valence-electron chi connectivity index (χ0n) is 26.0. The van der Waals surface area contributed by atoms with E-state index in [4.69, 9.17) is 9.15 Å². The van der Waals surface area contributed by atoms with Crippen molar-refractivity contribution in [2.45, 2.75) is 38.1 Å². The van der Waals surface area contributed by atoms with Crippen LogP contribution in [-0.4, -0.2) is 78.9 Å². The van der Waals surface area contributed by atoms with Crippen molar-refractivity contribution in [1.29, 1.82) is 0 Å². The summed E-state index contributed by atoms with van der Waals surface area (Å²) < 4.78 is 63.4. The van der Waals surface area contributed by atoms with E-state index in [0.717, 1.165) is 49.2 Å². The number of nitrogens with zero attached hydrogens (tertiary/aromatic N) is 3. The largest absolute Gasteiger partial charge is 0.494 e. The number of alkyl halides is 3. The molecule has 4 aromatic rings. The highest BCUT2D eigenvalue weighted by molar-refractivity contribution is 6.00. The highest BCUT2D eigenvalue weighted by atomic mass is 19.4. The lowest BCUT2D eigenvalue weighted by molar-refractivity contribution is -0.137. The van der Waals surface area contributed by atoms with E-state index in [0.29, 0.717) is 55.8 Å². The van der Waals surface area contributed by atoms with Crippen molar-refractivity contribution in [2.24, 2.45) is 0 Å². The van der Waals surface area contributed by atoms with Crippen LogP contribution in [0.4, 0.5) is 17.6 Å². The van der Waals surface area contributed by atoms with Crippen LogP contribution < -0.4 is 10.1 Å². The molecule has 0 radical (unpaired) electrons. The lowest BCUT2D eigenvalue weighted by atomic mass is 10.0. The van der Waals surface area contributed by atoms with Gasteiger partial charge in [-0.05, 0) is 72.5 Å². The van der Waals surface area contributed by atoms with Gasteiger partial charge in [-0.2, -0.15) is 13.2 Å². The number of ether oxygens (including phenoxy) is 1. The molecule has 2 amide bonds. The molecule has 2 aliphatic heterocycles. The van der Waals surface area contributed by atoms with Gasteiger partial charge in [0.25, 0.3) is 11.8 Å². The molecule has 1 aromatic heterocycles. The maximum atomic E-state index is 14.1. The second kappa shape index (κ2) is 13.7. The van der Waals surface area contributed by atoms with E-state index in [9.17, 15) is 27.2 Å². The van der Waals surface area contributed by atoms with Crippen LogP contribution in [-0.2, 0) is 19.3 Å². The molecule has 2 saturated heterocycles. The molecule has 0 atom stereocenters. The van der Waals surface area contributed by atoms with Crippen molar-refractivity contribution in [3.8, 4) is 5.75 Å². The average molecular weight is 653 g/mol. The summed E-state index contributed by atoms with van der Waals surface area (Å²) in [6.45, 7) is 4.83. The Labute approximate surface area is 269 Å². The van der Waals surface area contributed by atoms with Crippen molar-refractivity contribution < 1.29 is 36.3 Å². The second-order valence-electron chi connectivity index (χ2n) is 12.1. The molecule has 2 fully saturated rings. The number of carbonyl (C=O) groups excluding carboxylic acids is 2. The summed E-state index contributed by atoms with van der Waals surface area (Å²) in [6, 6.07) is 16.9. The molecule has 12 heteroatoms. The molecule has 3 heterocycles. The SMILES string of the molecule is COc1ccc(CN2CCC(NC(=O)c3cc4cc(C(=O)N5CCN(Cc6ccc(C(F)(F)F)cc6)CC5)ccc4o3)CC2)cc1F. The highest BCUT2D eigenvalue weighted by Crippen LogP contribution is 2.29. The van der Waals surface area contributed by atoms with Gasteiger partial charge in [-0.15, -0.1) is 0 Å². The number of hydrogen-bond acceptors (Lipinski definition) is 6. The summed E-state index contributed by atoms with van der Waals surface area (Å²) >= 11 is 0.